The van der Waals surface area contributed by atoms with E-state index >= 15 is 0 Å². The number of aliphatic carboxylic acids is 1. The molecular formula is C12H18N2O4S2. The van der Waals surface area contributed by atoms with E-state index in [2.05, 4.69) is 0 Å². The minimum atomic E-state index is -3.45. The van der Waals surface area contributed by atoms with E-state index in [0.29, 0.717) is 31.1 Å². The molecule has 1 aliphatic heterocycles. The summed E-state index contributed by atoms with van der Waals surface area (Å²) in [6.45, 7) is 5.24. The van der Waals surface area contributed by atoms with Crippen molar-refractivity contribution in [3.63, 3.8) is 0 Å². The van der Waals surface area contributed by atoms with Crippen LogP contribution in [-0.4, -0.2) is 61.4 Å². The van der Waals surface area contributed by atoms with E-state index < -0.39 is 16.0 Å². The Morgan fingerprint density at radius 3 is 2.35 bits per heavy atom. The van der Waals surface area contributed by atoms with Crippen molar-refractivity contribution in [1.29, 1.82) is 0 Å². The summed E-state index contributed by atoms with van der Waals surface area (Å²) in [6.07, 6.45) is 0. The number of piperazine rings is 1. The third-order valence-electron chi connectivity index (χ3n) is 3.30. The zero-order valence-corrected chi connectivity index (χ0v) is 13.1. The van der Waals surface area contributed by atoms with E-state index in [1.807, 2.05) is 13.8 Å². The van der Waals surface area contributed by atoms with E-state index in [-0.39, 0.29) is 6.54 Å². The zero-order chi connectivity index (χ0) is 14.9. The average Bonchev–Trinajstić information content (AvgIpc) is 2.69. The molecule has 0 spiro atoms. The standard InChI is InChI=1S/C12H18N2O4S2/c1-9-7-11(10(2)19-9)20(17,18)14-5-3-13(4-6-14)8-12(15)16/h7H,3-6,8H2,1-2H3,(H,15,16). The molecule has 8 heteroatoms. The fraction of sp³-hybridized carbons (Fsp3) is 0.583. The lowest BCUT2D eigenvalue weighted by atomic mass is 10.3. The Hall–Kier alpha value is -0.960. The third-order valence-corrected chi connectivity index (χ3v) is 6.42. The van der Waals surface area contributed by atoms with Crippen LogP contribution in [0.2, 0.25) is 0 Å². The van der Waals surface area contributed by atoms with Gasteiger partial charge in [-0.3, -0.25) is 9.69 Å². The van der Waals surface area contributed by atoms with Crippen molar-refractivity contribution in [3.05, 3.63) is 15.8 Å². The summed E-state index contributed by atoms with van der Waals surface area (Å²) in [5.41, 5.74) is 0. The van der Waals surface area contributed by atoms with Crippen LogP contribution in [0.25, 0.3) is 0 Å². The zero-order valence-electron chi connectivity index (χ0n) is 11.5. The first-order valence-electron chi connectivity index (χ1n) is 6.32. The number of carbonyl (C=O) groups is 1. The van der Waals surface area contributed by atoms with Gasteiger partial charge in [0.2, 0.25) is 10.0 Å². The van der Waals surface area contributed by atoms with E-state index in [4.69, 9.17) is 5.11 Å². The van der Waals surface area contributed by atoms with Crippen molar-refractivity contribution in [2.24, 2.45) is 0 Å². The lowest BCUT2D eigenvalue weighted by Gasteiger charge is -2.32. The van der Waals surface area contributed by atoms with Gasteiger partial charge in [0.15, 0.2) is 0 Å². The van der Waals surface area contributed by atoms with Crippen molar-refractivity contribution in [3.8, 4) is 0 Å². The maximum absolute atomic E-state index is 12.5. The maximum Gasteiger partial charge on any atom is 0.317 e. The van der Waals surface area contributed by atoms with Crippen molar-refractivity contribution in [1.82, 2.24) is 9.21 Å². The highest BCUT2D eigenvalue weighted by Crippen LogP contribution is 2.28. The topological polar surface area (TPSA) is 77.9 Å². The fourth-order valence-corrected chi connectivity index (χ4v) is 5.27. The summed E-state index contributed by atoms with van der Waals surface area (Å²) in [5.74, 6) is -0.884. The minimum Gasteiger partial charge on any atom is -0.480 e. The molecule has 1 fully saturated rings. The quantitative estimate of drug-likeness (QED) is 0.886. The maximum atomic E-state index is 12.5. The highest BCUT2D eigenvalue weighted by molar-refractivity contribution is 7.89. The van der Waals surface area contributed by atoms with Gasteiger partial charge in [-0.2, -0.15) is 4.31 Å². The van der Waals surface area contributed by atoms with Crippen molar-refractivity contribution in [2.75, 3.05) is 32.7 Å². The molecule has 2 heterocycles. The summed E-state index contributed by atoms with van der Waals surface area (Å²) in [7, 11) is -3.45. The van der Waals surface area contributed by atoms with Gasteiger partial charge in [0, 0.05) is 35.9 Å². The Bertz CT molecular complexity index is 601. The number of hydrogen-bond acceptors (Lipinski definition) is 5. The molecule has 1 aromatic heterocycles. The van der Waals surface area contributed by atoms with Gasteiger partial charge in [-0.15, -0.1) is 11.3 Å². The summed E-state index contributed by atoms with van der Waals surface area (Å²) < 4.78 is 26.5. The molecule has 1 saturated heterocycles. The van der Waals surface area contributed by atoms with Crippen LogP contribution in [-0.2, 0) is 14.8 Å². The van der Waals surface area contributed by atoms with Gasteiger partial charge in [-0.25, -0.2) is 8.42 Å². The first kappa shape index (κ1) is 15.4. The first-order valence-corrected chi connectivity index (χ1v) is 8.57. The van der Waals surface area contributed by atoms with Crippen molar-refractivity contribution in [2.45, 2.75) is 18.7 Å². The van der Waals surface area contributed by atoms with Gasteiger partial charge in [0.05, 0.1) is 11.4 Å². The van der Waals surface area contributed by atoms with Gasteiger partial charge >= 0.3 is 5.97 Å². The summed E-state index contributed by atoms with van der Waals surface area (Å²) in [6, 6.07) is 1.71. The molecule has 0 atom stereocenters. The molecule has 1 aromatic rings. The summed E-state index contributed by atoms with van der Waals surface area (Å²) in [5, 5.41) is 8.74. The van der Waals surface area contributed by atoms with Gasteiger partial charge in [-0.1, -0.05) is 0 Å². The van der Waals surface area contributed by atoms with Crippen molar-refractivity contribution < 1.29 is 18.3 Å². The molecule has 1 N–H and O–H groups in total. The number of carboxylic acid groups (broad SMARTS) is 1. The highest BCUT2D eigenvalue weighted by Gasteiger charge is 2.30. The van der Waals surface area contributed by atoms with Crippen LogP contribution < -0.4 is 0 Å². The monoisotopic (exact) mass is 318 g/mol. The van der Waals surface area contributed by atoms with Crippen LogP contribution in [0.1, 0.15) is 9.75 Å². The average molecular weight is 318 g/mol. The largest absolute Gasteiger partial charge is 0.480 e. The molecule has 112 valence electrons. The molecule has 1 aliphatic rings. The first-order chi connectivity index (χ1) is 9.30. The highest BCUT2D eigenvalue weighted by atomic mass is 32.2. The Kier molecular flexibility index (Phi) is 4.48. The van der Waals surface area contributed by atoms with Gasteiger partial charge in [0.25, 0.3) is 0 Å². The lowest BCUT2D eigenvalue weighted by molar-refractivity contribution is -0.138. The van der Waals surface area contributed by atoms with Gasteiger partial charge < -0.3 is 5.11 Å². The number of aryl methyl sites for hydroxylation is 2. The smallest absolute Gasteiger partial charge is 0.317 e. The third kappa shape index (κ3) is 3.20. The molecule has 0 amide bonds. The van der Waals surface area contributed by atoms with Crippen LogP contribution in [0.4, 0.5) is 0 Å². The molecule has 6 nitrogen and oxygen atoms in total. The van der Waals surface area contributed by atoms with Crippen LogP contribution in [0.3, 0.4) is 0 Å². The number of sulfonamides is 1. The van der Waals surface area contributed by atoms with E-state index in [1.54, 1.807) is 11.0 Å². The second kappa shape index (κ2) is 5.80. The number of nitrogens with zero attached hydrogens (tertiary/aromatic N) is 2. The lowest BCUT2D eigenvalue weighted by Crippen LogP contribution is -2.49. The molecular weight excluding hydrogens is 300 g/mol. The second-order valence-electron chi connectivity index (χ2n) is 4.85. The van der Waals surface area contributed by atoms with E-state index in [0.717, 1.165) is 9.75 Å². The Labute approximate surface area is 122 Å². The van der Waals surface area contributed by atoms with Gasteiger partial charge in [-0.05, 0) is 19.9 Å². The fourth-order valence-electron chi connectivity index (χ4n) is 2.32. The van der Waals surface area contributed by atoms with Gasteiger partial charge in [0.1, 0.15) is 0 Å². The molecule has 0 saturated carbocycles. The Morgan fingerprint density at radius 1 is 1.30 bits per heavy atom. The molecule has 0 aliphatic carbocycles. The number of carboxylic acids is 1. The normalized spacial score (nSPS) is 18.3. The molecule has 0 aromatic carbocycles. The van der Waals surface area contributed by atoms with Crippen LogP contribution >= 0.6 is 11.3 Å². The molecule has 2 rings (SSSR count). The SMILES string of the molecule is Cc1cc(S(=O)(=O)N2CCN(CC(=O)O)CC2)c(C)s1. The number of rotatable bonds is 4. The van der Waals surface area contributed by atoms with Crippen LogP contribution in [0.5, 0.6) is 0 Å². The van der Waals surface area contributed by atoms with Crippen LogP contribution in [0, 0.1) is 13.8 Å². The number of hydrogen-bond donors (Lipinski definition) is 1. The predicted octanol–water partition coefficient (Wildman–Crippen LogP) is 0.756. The van der Waals surface area contributed by atoms with E-state index in [9.17, 15) is 13.2 Å². The summed E-state index contributed by atoms with van der Waals surface area (Å²) >= 11 is 1.48. The number of thiophene rings is 1. The van der Waals surface area contributed by atoms with E-state index in [1.165, 1.54) is 15.6 Å². The van der Waals surface area contributed by atoms with Crippen molar-refractivity contribution >= 4 is 27.3 Å². The molecule has 0 bridgehead atoms. The molecule has 0 unspecified atom stereocenters. The Balaban J connectivity index is 2.10. The second-order valence-corrected chi connectivity index (χ2v) is 8.22. The Morgan fingerprint density at radius 2 is 1.90 bits per heavy atom. The minimum absolute atomic E-state index is 0.0372. The predicted molar refractivity (Wildman–Crippen MR) is 76.6 cm³/mol. The molecule has 0 radical (unpaired) electrons. The summed E-state index contributed by atoms with van der Waals surface area (Å²) in [4.78, 5) is 14.6. The van der Waals surface area contributed by atoms with Crippen LogP contribution in [0.15, 0.2) is 11.0 Å². The molecule has 20 heavy (non-hydrogen) atoms.